The molecule has 0 aliphatic carbocycles. The molecule has 82 valence electrons. The molecule has 0 fully saturated rings. The van der Waals surface area contributed by atoms with Gasteiger partial charge in [0.15, 0.2) is 0 Å². The first-order valence-corrected chi connectivity index (χ1v) is 4.63. The zero-order chi connectivity index (χ0) is 11.3. The minimum Gasteiger partial charge on any atom is -0.481 e. The molecule has 1 rings (SSSR count). The van der Waals surface area contributed by atoms with Crippen LogP contribution in [0.3, 0.4) is 0 Å². The van der Waals surface area contributed by atoms with Gasteiger partial charge in [-0.15, -0.1) is 0 Å². The van der Waals surface area contributed by atoms with Gasteiger partial charge in [0.1, 0.15) is 5.15 Å². The van der Waals surface area contributed by atoms with Crippen molar-refractivity contribution in [1.82, 2.24) is 4.98 Å². The molecular formula is C9H11ClN2O3. The van der Waals surface area contributed by atoms with Gasteiger partial charge in [0.2, 0.25) is 5.88 Å². The molecule has 0 saturated carbocycles. The van der Waals surface area contributed by atoms with Crippen molar-refractivity contribution >= 4 is 17.7 Å². The Kier molecular flexibility index (Phi) is 4.17. The SMILES string of the molecule is COc1nc(Cl)ccc1CCOC(N)=O. The van der Waals surface area contributed by atoms with Crippen LogP contribution in [-0.2, 0) is 11.2 Å². The molecule has 2 N–H and O–H groups in total. The average Bonchev–Trinajstić information content (AvgIpc) is 2.19. The molecule has 0 aliphatic heterocycles. The highest BCUT2D eigenvalue weighted by atomic mass is 35.5. The molecule has 0 unspecified atom stereocenters. The number of hydrogen-bond acceptors (Lipinski definition) is 4. The quantitative estimate of drug-likeness (QED) is 0.793. The molecule has 15 heavy (non-hydrogen) atoms. The van der Waals surface area contributed by atoms with Gasteiger partial charge >= 0.3 is 6.09 Å². The summed E-state index contributed by atoms with van der Waals surface area (Å²) in [6.45, 7) is 0.189. The van der Waals surface area contributed by atoms with Crippen molar-refractivity contribution in [2.45, 2.75) is 6.42 Å². The lowest BCUT2D eigenvalue weighted by Gasteiger charge is -2.07. The third-order valence-corrected chi connectivity index (χ3v) is 1.92. The first-order valence-electron chi connectivity index (χ1n) is 4.25. The van der Waals surface area contributed by atoms with E-state index >= 15 is 0 Å². The highest BCUT2D eigenvalue weighted by Crippen LogP contribution is 2.18. The minimum absolute atomic E-state index is 0.189. The molecule has 5 nitrogen and oxygen atoms in total. The van der Waals surface area contributed by atoms with E-state index in [0.717, 1.165) is 5.56 Å². The fourth-order valence-corrected chi connectivity index (χ4v) is 1.22. The predicted octanol–water partition coefficient (Wildman–Crippen LogP) is 1.38. The Hall–Kier alpha value is -1.49. The molecule has 0 bridgehead atoms. The van der Waals surface area contributed by atoms with Gasteiger partial charge in [0.05, 0.1) is 13.7 Å². The van der Waals surface area contributed by atoms with Crippen molar-refractivity contribution < 1.29 is 14.3 Å². The summed E-state index contributed by atoms with van der Waals surface area (Å²) in [7, 11) is 1.50. The van der Waals surface area contributed by atoms with Crippen LogP contribution in [0, 0.1) is 0 Å². The number of primary amides is 1. The Bertz CT molecular complexity index is 357. The molecule has 0 aliphatic rings. The first-order chi connectivity index (χ1) is 7.13. The maximum absolute atomic E-state index is 10.3. The number of amides is 1. The molecule has 0 spiro atoms. The van der Waals surface area contributed by atoms with E-state index in [9.17, 15) is 4.79 Å². The smallest absolute Gasteiger partial charge is 0.404 e. The Morgan fingerprint density at radius 2 is 2.33 bits per heavy atom. The van der Waals surface area contributed by atoms with E-state index in [2.05, 4.69) is 9.72 Å². The van der Waals surface area contributed by atoms with Crippen LogP contribution in [0.2, 0.25) is 5.15 Å². The molecule has 1 aromatic heterocycles. The summed E-state index contributed by atoms with van der Waals surface area (Å²) in [4.78, 5) is 14.3. The maximum Gasteiger partial charge on any atom is 0.404 e. The molecule has 1 amide bonds. The zero-order valence-corrected chi connectivity index (χ0v) is 8.95. The second kappa shape index (κ2) is 5.41. The second-order valence-electron chi connectivity index (χ2n) is 2.72. The van der Waals surface area contributed by atoms with E-state index in [4.69, 9.17) is 22.1 Å². The normalized spacial score (nSPS) is 9.73. The van der Waals surface area contributed by atoms with Gasteiger partial charge in [-0.3, -0.25) is 0 Å². The van der Waals surface area contributed by atoms with Gasteiger partial charge in [-0.2, -0.15) is 0 Å². The predicted molar refractivity (Wildman–Crippen MR) is 55.0 cm³/mol. The number of hydrogen-bond donors (Lipinski definition) is 1. The van der Waals surface area contributed by atoms with Gasteiger partial charge in [0.25, 0.3) is 0 Å². The van der Waals surface area contributed by atoms with Crippen LogP contribution >= 0.6 is 11.6 Å². The Morgan fingerprint density at radius 3 is 2.93 bits per heavy atom. The third-order valence-electron chi connectivity index (χ3n) is 1.71. The monoisotopic (exact) mass is 230 g/mol. The van der Waals surface area contributed by atoms with Crippen LogP contribution in [0.1, 0.15) is 5.56 Å². The lowest BCUT2D eigenvalue weighted by Crippen LogP contribution is -2.15. The standard InChI is InChI=1S/C9H11ClN2O3/c1-14-8-6(2-3-7(10)12-8)4-5-15-9(11)13/h2-3H,4-5H2,1H3,(H2,11,13). The number of aromatic nitrogens is 1. The largest absolute Gasteiger partial charge is 0.481 e. The average molecular weight is 231 g/mol. The number of nitrogens with zero attached hydrogens (tertiary/aromatic N) is 1. The van der Waals surface area contributed by atoms with Gasteiger partial charge in [-0.25, -0.2) is 9.78 Å². The third kappa shape index (κ3) is 3.63. The Balaban J connectivity index is 2.63. The number of carbonyl (C=O) groups excluding carboxylic acids is 1. The second-order valence-corrected chi connectivity index (χ2v) is 3.11. The number of halogens is 1. The summed E-state index contributed by atoms with van der Waals surface area (Å²) in [6, 6.07) is 3.40. The Morgan fingerprint density at radius 1 is 1.60 bits per heavy atom. The van der Waals surface area contributed by atoms with Crippen LogP contribution < -0.4 is 10.5 Å². The van der Waals surface area contributed by atoms with Crippen LogP contribution in [0.5, 0.6) is 5.88 Å². The number of ether oxygens (including phenoxy) is 2. The van der Waals surface area contributed by atoms with Crippen LogP contribution in [0.25, 0.3) is 0 Å². The number of methoxy groups -OCH3 is 1. The van der Waals surface area contributed by atoms with Gasteiger partial charge in [-0.05, 0) is 6.07 Å². The molecule has 0 saturated heterocycles. The molecular weight excluding hydrogens is 220 g/mol. The summed E-state index contributed by atoms with van der Waals surface area (Å²) in [5, 5.41) is 0.353. The minimum atomic E-state index is -0.795. The lowest BCUT2D eigenvalue weighted by atomic mass is 10.2. The summed E-state index contributed by atoms with van der Waals surface area (Å²) in [6.07, 6.45) is -0.313. The Labute approximate surface area is 92.1 Å². The number of pyridine rings is 1. The van der Waals surface area contributed by atoms with Crippen molar-refractivity contribution in [2.75, 3.05) is 13.7 Å². The van der Waals surface area contributed by atoms with Crippen molar-refractivity contribution in [3.8, 4) is 5.88 Å². The van der Waals surface area contributed by atoms with Crippen LogP contribution in [0.15, 0.2) is 12.1 Å². The van der Waals surface area contributed by atoms with Gasteiger partial charge < -0.3 is 15.2 Å². The van der Waals surface area contributed by atoms with E-state index in [1.165, 1.54) is 7.11 Å². The summed E-state index contributed by atoms with van der Waals surface area (Å²) in [5.41, 5.74) is 5.63. The number of rotatable bonds is 4. The van der Waals surface area contributed by atoms with E-state index < -0.39 is 6.09 Å². The van der Waals surface area contributed by atoms with Gasteiger partial charge in [0, 0.05) is 12.0 Å². The van der Waals surface area contributed by atoms with E-state index in [1.807, 2.05) is 0 Å². The van der Waals surface area contributed by atoms with Crippen molar-refractivity contribution in [3.05, 3.63) is 22.8 Å². The van der Waals surface area contributed by atoms with E-state index in [-0.39, 0.29) is 6.61 Å². The van der Waals surface area contributed by atoms with Gasteiger partial charge in [-0.1, -0.05) is 17.7 Å². The summed E-state index contributed by atoms with van der Waals surface area (Å²) in [5.74, 6) is 0.426. The van der Waals surface area contributed by atoms with Crippen molar-refractivity contribution in [3.63, 3.8) is 0 Å². The summed E-state index contributed by atoms with van der Waals surface area (Å²) < 4.78 is 9.61. The van der Waals surface area contributed by atoms with E-state index in [0.29, 0.717) is 17.5 Å². The lowest BCUT2D eigenvalue weighted by molar-refractivity contribution is 0.158. The fourth-order valence-electron chi connectivity index (χ4n) is 1.08. The molecule has 0 atom stereocenters. The van der Waals surface area contributed by atoms with E-state index in [1.54, 1.807) is 12.1 Å². The zero-order valence-electron chi connectivity index (χ0n) is 8.20. The molecule has 0 radical (unpaired) electrons. The van der Waals surface area contributed by atoms with Crippen LogP contribution in [0.4, 0.5) is 4.79 Å². The molecule has 1 heterocycles. The summed E-state index contributed by atoms with van der Waals surface area (Å²) >= 11 is 5.68. The van der Waals surface area contributed by atoms with Crippen LogP contribution in [-0.4, -0.2) is 24.8 Å². The molecule has 0 aromatic carbocycles. The molecule has 6 heteroatoms. The molecule has 1 aromatic rings. The highest BCUT2D eigenvalue weighted by Gasteiger charge is 2.06. The maximum atomic E-state index is 10.3. The topological polar surface area (TPSA) is 74.4 Å². The highest BCUT2D eigenvalue weighted by molar-refractivity contribution is 6.29. The fraction of sp³-hybridized carbons (Fsp3) is 0.333. The number of carbonyl (C=O) groups is 1. The number of nitrogens with two attached hydrogens (primary N) is 1. The first kappa shape index (κ1) is 11.6. The van der Waals surface area contributed by atoms with Crippen molar-refractivity contribution in [1.29, 1.82) is 0 Å². The van der Waals surface area contributed by atoms with Crippen molar-refractivity contribution in [2.24, 2.45) is 5.73 Å².